The van der Waals surface area contributed by atoms with E-state index in [-0.39, 0.29) is 12.3 Å². The molecule has 2 aliphatic rings. The highest BCUT2D eigenvalue weighted by molar-refractivity contribution is 6.34. The first-order valence-electron chi connectivity index (χ1n) is 12.7. The molecular weight excluding hydrogens is 532 g/mol. The maximum atomic E-state index is 15.3. The number of pyridine rings is 2. The van der Waals surface area contributed by atoms with Crippen molar-refractivity contribution in [2.45, 2.75) is 44.1 Å². The maximum Gasteiger partial charge on any atom is 0.147 e. The van der Waals surface area contributed by atoms with Crippen molar-refractivity contribution in [1.82, 2.24) is 34.5 Å². The molecule has 2 aliphatic heterocycles. The second kappa shape index (κ2) is 10.1. The predicted molar refractivity (Wildman–Crippen MR) is 138 cm³/mol. The number of ether oxygens (including phenoxy) is 2. The van der Waals surface area contributed by atoms with Crippen LogP contribution in [0.1, 0.15) is 30.8 Å². The zero-order valence-electron chi connectivity index (χ0n) is 21.5. The smallest absolute Gasteiger partial charge is 0.147 e. The number of nitrogens with zero attached hydrogens (tertiary/aromatic N) is 7. The summed E-state index contributed by atoms with van der Waals surface area (Å²) in [4.78, 5) is 6.12. The van der Waals surface area contributed by atoms with Gasteiger partial charge in [0.2, 0.25) is 0 Å². The van der Waals surface area contributed by atoms with Crippen molar-refractivity contribution in [1.29, 1.82) is 0 Å². The minimum absolute atomic E-state index is 0.188. The number of aliphatic hydroxyl groups is 1. The van der Waals surface area contributed by atoms with Gasteiger partial charge in [-0.05, 0) is 38.5 Å². The molecular formula is C26H28ClF2N7O3. The van der Waals surface area contributed by atoms with Crippen LogP contribution in [-0.4, -0.2) is 84.7 Å². The van der Waals surface area contributed by atoms with Gasteiger partial charge in [0.25, 0.3) is 0 Å². The van der Waals surface area contributed by atoms with Gasteiger partial charge in [-0.15, -0.1) is 5.10 Å². The average molecular weight is 560 g/mol. The Balaban J connectivity index is 1.27. The lowest BCUT2D eigenvalue weighted by molar-refractivity contribution is -0.0849. The number of rotatable bonds is 7. The first-order valence-corrected chi connectivity index (χ1v) is 13.1. The first kappa shape index (κ1) is 26.1. The van der Waals surface area contributed by atoms with E-state index in [0.717, 1.165) is 12.7 Å². The Bertz CT molecular complexity index is 1490. The molecule has 206 valence electrons. The van der Waals surface area contributed by atoms with Gasteiger partial charge < -0.3 is 14.6 Å². The van der Waals surface area contributed by atoms with Crippen molar-refractivity contribution in [3.8, 4) is 17.0 Å². The van der Waals surface area contributed by atoms with E-state index in [4.69, 9.17) is 21.1 Å². The van der Waals surface area contributed by atoms with E-state index in [1.807, 2.05) is 6.92 Å². The highest BCUT2D eigenvalue weighted by Gasteiger charge is 2.37. The summed E-state index contributed by atoms with van der Waals surface area (Å²) in [7, 11) is 0. The van der Waals surface area contributed by atoms with Crippen LogP contribution in [0.15, 0.2) is 36.8 Å². The molecule has 0 saturated carbocycles. The van der Waals surface area contributed by atoms with Crippen molar-refractivity contribution in [3.63, 3.8) is 0 Å². The maximum absolute atomic E-state index is 15.3. The molecule has 39 heavy (non-hydrogen) atoms. The molecule has 3 atom stereocenters. The number of alkyl halides is 1. The molecule has 0 amide bonds. The molecule has 0 bridgehead atoms. The highest BCUT2D eigenvalue weighted by atomic mass is 35.5. The van der Waals surface area contributed by atoms with Crippen LogP contribution in [-0.2, 0) is 10.3 Å². The lowest BCUT2D eigenvalue weighted by atomic mass is 10.00. The minimum Gasteiger partial charge on any atom is -0.488 e. The second-order valence-corrected chi connectivity index (χ2v) is 10.7. The monoisotopic (exact) mass is 559 g/mol. The number of piperidine rings is 1. The van der Waals surface area contributed by atoms with Crippen LogP contribution in [0.4, 0.5) is 8.78 Å². The molecule has 0 radical (unpaired) electrons. The van der Waals surface area contributed by atoms with Crippen molar-refractivity contribution in [2.75, 3.05) is 32.9 Å². The Hall–Kier alpha value is -3.19. The molecule has 0 aromatic carbocycles. The topological polar surface area (TPSA) is 103 Å². The number of fused-ring (bicyclic) bond motifs is 1. The van der Waals surface area contributed by atoms with Crippen LogP contribution < -0.4 is 4.74 Å². The molecule has 1 N–H and O–H groups in total. The summed E-state index contributed by atoms with van der Waals surface area (Å²) in [6.07, 6.45) is 3.82. The largest absolute Gasteiger partial charge is 0.488 e. The van der Waals surface area contributed by atoms with Gasteiger partial charge >= 0.3 is 0 Å². The zero-order valence-corrected chi connectivity index (χ0v) is 22.2. The third-order valence-corrected chi connectivity index (χ3v) is 7.79. The van der Waals surface area contributed by atoms with Gasteiger partial charge in [-0.25, -0.2) is 18.0 Å². The number of halogens is 3. The number of hydrogen-bond acceptors (Lipinski definition) is 8. The average Bonchev–Trinajstić information content (AvgIpc) is 3.44. The van der Waals surface area contributed by atoms with Crippen molar-refractivity contribution in [2.24, 2.45) is 0 Å². The number of aromatic nitrogens is 6. The molecule has 4 aromatic heterocycles. The molecule has 6 rings (SSSR count). The molecule has 13 heteroatoms. The fourth-order valence-electron chi connectivity index (χ4n) is 5.15. The number of hydrogen-bond donors (Lipinski definition) is 1. The Labute approximate surface area is 228 Å². The van der Waals surface area contributed by atoms with Gasteiger partial charge in [-0.2, -0.15) is 5.10 Å². The third-order valence-electron chi connectivity index (χ3n) is 7.51. The van der Waals surface area contributed by atoms with Crippen LogP contribution in [0.3, 0.4) is 0 Å². The molecule has 4 aromatic rings. The van der Waals surface area contributed by atoms with Crippen LogP contribution >= 0.6 is 11.6 Å². The van der Waals surface area contributed by atoms with Crippen LogP contribution in [0.25, 0.3) is 16.8 Å². The molecule has 0 unspecified atom stereocenters. The summed E-state index contributed by atoms with van der Waals surface area (Å²) in [6, 6.07) is 4.25. The van der Waals surface area contributed by atoms with E-state index in [1.165, 1.54) is 25.3 Å². The molecule has 2 saturated heterocycles. The Morgan fingerprint density at radius 3 is 2.79 bits per heavy atom. The fraction of sp³-hybridized carbons (Fsp3) is 0.462. The van der Waals surface area contributed by atoms with E-state index in [9.17, 15) is 9.50 Å². The van der Waals surface area contributed by atoms with E-state index >= 15 is 4.39 Å². The number of likely N-dealkylation sites (tertiary alicyclic amines) is 1. The predicted octanol–water partition coefficient (Wildman–Crippen LogP) is 3.36. The van der Waals surface area contributed by atoms with E-state index in [1.54, 1.807) is 21.5 Å². The van der Waals surface area contributed by atoms with Gasteiger partial charge in [0.15, 0.2) is 0 Å². The van der Waals surface area contributed by atoms with Crippen LogP contribution in [0, 0.1) is 12.7 Å². The molecule has 0 aliphatic carbocycles. The Morgan fingerprint density at radius 1 is 1.28 bits per heavy atom. The standard InChI is InChI=1S/C26H28ClF2N7O3/c1-15-24(32-33-36(15)21-5-6-34(11-20(21)29)18-12-38-13-18)16-7-22(25-19(27)9-31-35(25)10-16)39-14-26(2,37)23-4-3-17(28)8-30-23/h3-4,7-10,18,20-21,37H,5-6,11-14H2,1-2H3/t20-,21-,26+/m0/s1. The van der Waals surface area contributed by atoms with Crippen molar-refractivity contribution < 1.29 is 23.4 Å². The molecule has 10 nitrogen and oxygen atoms in total. The zero-order chi connectivity index (χ0) is 27.3. The Morgan fingerprint density at radius 2 is 2.10 bits per heavy atom. The van der Waals surface area contributed by atoms with Gasteiger partial charge in [-0.1, -0.05) is 16.8 Å². The minimum atomic E-state index is -1.51. The Kier molecular flexibility index (Phi) is 6.74. The normalized spacial score (nSPS) is 22.1. The summed E-state index contributed by atoms with van der Waals surface area (Å²) < 4.78 is 43.1. The summed E-state index contributed by atoms with van der Waals surface area (Å²) >= 11 is 6.40. The summed E-state index contributed by atoms with van der Waals surface area (Å²) in [5, 5.41) is 24.4. The SMILES string of the molecule is Cc1c(-c2cc(OC[C@@](C)(O)c3ccc(F)cn3)c3c(Cl)cnn3c2)nnn1[C@H]1CCN(C2COC2)C[C@@H]1F. The van der Waals surface area contributed by atoms with Crippen molar-refractivity contribution in [3.05, 3.63) is 59.0 Å². The van der Waals surface area contributed by atoms with Crippen molar-refractivity contribution >= 4 is 17.1 Å². The van der Waals surface area contributed by atoms with Gasteiger partial charge in [0.05, 0.1) is 54.1 Å². The molecule has 6 heterocycles. The summed E-state index contributed by atoms with van der Waals surface area (Å²) in [5.74, 6) is -0.150. The highest BCUT2D eigenvalue weighted by Crippen LogP contribution is 2.35. The fourth-order valence-corrected chi connectivity index (χ4v) is 5.38. The van der Waals surface area contributed by atoms with Gasteiger partial charge in [0.1, 0.15) is 41.2 Å². The van der Waals surface area contributed by atoms with E-state index < -0.39 is 23.6 Å². The first-order chi connectivity index (χ1) is 18.7. The third kappa shape index (κ3) is 4.86. The molecule has 2 fully saturated rings. The van der Waals surface area contributed by atoms with Gasteiger partial charge in [-0.3, -0.25) is 9.88 Å². The van der Waals surface area contributed by atoms with E-state index in [2.05, 4.69) is 25.3 Å². The lowest BCUT2D eigenvalue weighted by Crippen LogP contribution is -2.55. The lowest BCUT2D eigenvalue weighted by Gasteiger charge is -2.42. The van der Waals surface area contributed by atoms with Crippen LogP contribution in [0.2, 0.25) is 5.02 Å². The summed E-state index contributed by atoms with van der Waals surface area (Å²) in [5.41, 5.74) is 1.16. The van der Waals surface area contributed by atoms with Crippen LogP contribution in [0.5, 0.6) is 5.75 Å². The quantitative estimate of drug-likeness (QED) is 0.368. The second-order valence-electron chi connectivity index (χ2n) is 10.3. The van der Waals surface area contributed by atoms with Gasteiger partial charge in [0, 0.05) is 24.8 Å². The summed E-state index contributed by atoms with van der Waals surface area (Å²) in [6.45, 7) is 5.62. The molecule has 0 spiro atoms. The van der Waals surface area contributed by atoms with E-state index in [0.29, 0.717) is 65.5 Å².